The number of rotatable bonds is 3. The van der Waals surface area contributed by atoms with Gasteiger partial charge in [-0.25, -0.2) is 0 Å². The van der Waals surface area contributed by atoms with E-state index in [1.165, 1.54) is 0 Å². The first-order chi connectivity index (χ1) is 9.54. The van der Waals surface area contributed by atoms with Gasteiger partial charge >= 0.3 is 0 Å². The number of carbonyl (C=O) groups excluding carboxylic acids is 1. The van der Waals surface area contributed by atoms with Crippen molar-refractivity contribution in [3.63, 3.8) is 0 Å². The van der Waals surface area contributed by atoms with Crippen LogP contribution in [0.3, 0.4) is 0 Å². The zero-order valence-electron chi connectivity index (χ0n) is 12.4. The summed E-state index contributed by atoms with van der Waals surface area (Å²) < 4.78 is 5.51. The fourth-order valence-electron chi connectivity index (χ4n) is 2.52. The molecule has 1 unspecified atom stereocenters. The van der Waals surface area contributed by atoms with Crippen LogP contribution < -0.4 is 10.6 Å². The predicted molar refractivity (Wildman–Crippen MR) is 81.1 cm³/mol. The number of morpholine rings is 1. The molecule has 0 saturated carbocycles. The van der Waals surface area contributed by atoms with Crippen LogP contribution in [0, 0.1) is 0 Å². The number of nitrogens with two attached hydrogens (primary N) is 1. The summed E-state index contributed by atoms with van der Waals surface area (Å²) in [5.41, 5.74) is 8.42. The van der Waals surface area contributed by atoms with E-state index in [0.717, 1.165) is 25.3 Å². The molecule has 1 atom stereocenters. The van der Waals surface area contributed by atoms with E-state index in [1.807, 2.05) is 12.1 Å². The maximum atomic E-state index is 11.9. The van der Waals surface area contributed by atoms with Gasteiger partial charge < -0.3 is 20.3 Å². The van der Waals surface area contributed by atoms with Crippen molar-refractivity contribution < 1.29 is 9.53 Å². The van der Waals surface area contributed by atoms with Gasteiger partial charge in [0.15, 0.2) is 0 Å². The number of ether oxygens (including phenoxy) is 1. The summed E-state index contributed by atoms with van der Waals surface area (Å²) in [7, 11) is 3.48. The molecule has 2 N–H and O–H groups in total. The highest BCUT2D eigenvalue weighted by Gasteiger charge is 2.23. The van der Waals surface area contributed by atoms with Gasteiger partial charge in [0, 0.05) is 26.2 Å². The minimum atomic E-state index is -0.0303. The van der Waals surface area contributed by atoms with Crippen LogP contribution in [0.4, 0.5) is 11.4 Å². The van der Waals surface area contributed by atoms with Crippen molar-refractivity contribution in [2.24, 2.45) is 0 Å². The third kappa shape index (κ3) is 2.88. The van der Waals surface area contributed by atoms with Gasteiger partial charge in [-0.2, -0.15) is 0 Å². The Balaban J connectivity index is 2.27. The van der Waals surface area contributed by atoms with E-state index in [2.05, 4.69) is 11.8 Å². The summed E-state index contributed by atoms with van der Waals surface area (Å²) in [5.74, 6) is -0.0303. The van der Waals surface area contributed by atoms with E-state index in [-0.39, 0.29) is 5.91 Å². The zero-order chi connectivity index (χ0) is 14.7. The topological polar surface area (TPSA) is 58.8 Å². The Hall–Kier alpha value is -1.75. The molecule has 2 rings (SSSR count). The van der Waals surface area contributed by atoms with Crippen molar-refractivity contribution in [3.8, 4) is 0 Å². The molecule has 1 aliphatic heterocycles. The fourth-order valence-corrected chi connectivity index (χ4v) is 2.52. The molecule has 0 spiro atoms. The van der Waals surface area contributed by atoms with Crippen LogP contribution in [0.1, 0.15) is 23.7 Å². The quantitative estimate of drug-likeness (QED) is 0.852. The number of nitrogens with zero attached hydrogens (tertiary/aromatic N) is 2. The summed E-state index contributed by atoms with van der Waals surface area (Å²) in [6.45, 7) is 4.43. The molecule has 0 aromatic heterocycles. The zero-order valence-corrected chi connectivity index (χ0v) is 12.4. The summed E-state index contributed by atoms with van der Waals surface area (Å²) in [4.78, 5) is 15.8. The highest BCUT2D eigenvalue weighted by molar-refractivity contribution is 5.95. The molecular formula is C15H23N3O2. The summed E-state index contributed by atoms with van der Waals surface area (Å²) >= 11 is 0. The minimum absolute atomic E-state index is 0.0303. The van der Waals surface area contributed by atoms with Crippen LogP contribution >= 0.6 is 0 Å². The highest BCUT2D eigenvalue weighted by Crippen LogP contribution is 2.28. The van der Waals surface area contributed by atoms with Gasteiger partial charge in [0.05, 0.1) is 30.6 Å². The molecule has 0 radical (unpaired) electrons. The Bertz CT molecular complexity index is 488. The van der Waals surface area contributed by atoms with Crippen molar-refractivity contribution in [1.82, 2.24) is 4.90 Å². The van der Waals surface area contributed by atoms with E-state index in [4.69, 9.17) is 10.5 Å². The first-order valence-electron chi connectivity index (χ1n) is 7.00. The normalized spacial score (nSPS) is 18.9. The largest absolute Gasteiger partial charge is 0.397 e. The van der Waals surface area contributed by atoms with Gasteiger partial charge in [0.1, 0.15) is 0 Å². The third-order valence-electron chi connectivity index (χ3n) is 3.69. The lowest BCUT2D eigenvalue weighted by molar-refractivity contribution is 0.0827. The van der Waals surface area contributed by atoms with E-state index >= 15 is 0 Å². The van der Waals surface area contributed by atoms with E-state index in [1.54, 1.807) is 25.1 Å². The molecule has 1 aromatic rings. The van der Waals surface area contributed by atoms with Crippen LogP contribution in [-0.4, -0.2) is 50.7 Å². The average Bonchev–Trinajstić information content (AvgIpc) is 2.46. The number of hydrogen-bond donors (Lipinski definition) is 1. The van der Waals surface area contributed by atoms with E-state index in [0.29, 0.717) is 23.9 Å². The van der Waals surface area contributed by atoms with Gasteiger partial charge in [0.2, 0.25) is 0 Å². The van der Waals surface area contributed by atoms with Crippen LogP contribution in [0.2, 0.25) is 0 Å². The van der Waals surface area contributed by atoms with Crippen LogP contribution in [0.5, 0.6) is 0 Å². The number of amides is 1. The van der Waals surface area contributed by atoms with Crippen molar-refractivity contribution >= 4 is 17.3 Å². The number of anilines is 2. The fraction of sp³-hybridized carbons (Fsp3) is 0.533. The molecule has 1 saturated heterocycles. The van der Waals surface area contributed by atoms with E-state index < -0.39 is 0 Å². The molecule has 1 amide bonds. The molecule has 1 aliphatic rings. The average molecular weight is 277 g/mol. The van der Waals surface area contributed by atoms with Crippen molar-refractivity contribution in [1.29, 1.82) is 0 Å². The number of benzene rings is 1. The van der Waals surface area contributed by atoms with Crippen molar-refractivity contribution in [3.05, 3.63) is 23.8 Å². The van der Waals surface area contributed by atoms with Gasteiger partial charge in [-0.15, -0.1) is 0 Å². The van der Waals surface area contributed by atoms with Crippen molar-refractivity contribution in [2.75, 3.05) is 44.5 Å². The van der Waals surface area contributed by atoms with Gasteiger partial charge in [-0.05, 0) is 24.6 Å². The maximum Gasteiger partial charge on any atom is 0.253 e. The van der Waals surface area contributed by atoms with Crippen LogP contribution in [0.15, 0.2) is 18.2 Å². The lowest BCUT2D eigenvalue weighted by Gasteiger charge is -2.37. The smallest absolute Gasteiger partial charge is 0.253 e. The maximum absolute atomic E-state index is 11.9. The molecular weight excluding hydrogens is 254 g/mol. The van der Waals surface area contributed by atoms with Gasteiger partial charge in [0.25, 0.3) is 5.91 Å². The van der Waals surface area contributed by atoms with Crippen LogP contribution in [0.25, 0.3) is 0 Å². The standard InChI is InChI=1S/C15H23N3O2/c1-4-12-10-20-8-7-18(12)14-6-5-11(9-13(14)16)15(19)17(2)3/h5-6,9,12H,4,7-8,10,16H2,1-3H3. The number of hydrogen-bond acceptors (Lipinski definition) is 4. The Kier molecular flexibility index (Phi) is 4.49. The van der Waals surface area contributed by atoms with Gasteiger partial charge in [-0.3, -0.25) is 4.79 Å². The molecule has 1 heterocycles. The molecule has 1 aromatic carbocycles. The third-order valence-corrected chi connectivity index (χ3v) is 3.69. The molecule has 5 heteroatoms. The predicted octanol–water partition coefficient (Wildman–Crippen LogP) is 1.59. The minimum Gasteiger partial charge on any atom is -0.397 e. The lowest BCUT2D eigenvalue weighted by Crippen LogP contribution is -2.45. The summed E-state index contributed by atoms with van der Waals surface area (Å²) in [6.07, 6.45) is 1.01. The second-order valence-electron chi connectivity index (χ2n) is 5.30. The Morgan fingerprint density at radius 1 is 1.50 bits per heavy atom. The highest BCUT2D eigenvalue weighted by atomic mass is 16.5. The molecule has 0 bridgehead atoms. The molecule has 20 heavy (non-hydrogen) atoms. The Morgan fingerprint density at radius 2 is 2.25 bits per heavy atom. The monoisotopic (exact) mass is 277 g/mol. The lowest BCUT2D eigenvalue weighted by atomic mass is 10.1. The molecule has 110 valence electrons. The Labute approximate surface area is 120 Å². The van der Waals surface area contributed by atoms with Gasteiger partial charge in [-0.1, -0.05) is 6.92 Å². The first kappa shape index (κ1) is 14.7. The molecule has 5 nitrogen and oxygen atoms in total. The first-order valence-corrected chi connectivity index (χ1v) is 7.00. The number of carbonyl (C=O) groups is 1. The number of nitrogen functional groups attached to an aromatic ring is 1. The van der Waals surface area contributed by atoms with Crippen molar-refractivity contribution in [2.45, 2.75) is 19.4 Å². The SMILES string of the molecule is CCC1COCCN1c1ccc(C(=O)N(C)C)cc1N. The molecule has 0 aliphatic carbocycles. The van der Waals surface area contributed by atoms with Crippen LogP contribution in [-0.2, 0) is 4.74 Å². The Morgan fingerprint density at radius 3 is 2.85 bits per heavy atom. The summed E-state index contributed by atoms with van der Waals surface area (Å²) in [6, 6.07) is 5.90. The molecule has 1 fully saturated rings. The van der Waals surface area contributed by atoms with E-state index in [9.17, 15) is 4.79 Å². The second kappa shape index (κ2) is 6.13. The second-order valence-corrected chi connectivity index (χ2v) is 5.30. The summed E-state index contributed by atoms with van der Waals surface area (Å²) in [5, 5.41) is 0.